The van der Waals surface area contributed by atoms with Crippen LogP contribution in [0, 0.1) is 22.7 Å². The zero-order valence-corrected chi connectivity index (χ0v) is 8.92. The molecule has 17 heavy (non-hydrogen) atoms. The minimum atomic E-state index is 0.401. The van der Waals surface area contributed by atoms with Gasteiger partial charge in [0.1, 0.15) is 17.6 Å². The first-order valence-electron chi connectivity index (χ1n) is 5.00. The standard InChI is InChI=1S/C14H8N2O/c15-9-11-6-7-12(10-16)14(8-11)17-13-4-2-1-3-5-13/h1-8H. The zero-order valence-electron chi connectivity index (χ0n) is 8.92. The fourth-order valence-electron chi connectivity index (χ4n) is 1.38. The van der Waals surface area contributed by atoms with Crippen molar-refractivity contribution in [3.05, 3.63) is 59.7 Å². The highest BCUT2D eigenvalue weighted by atomic mass is 16.5. The van der Waals surface area contributed by atoms with Crippen molar-refractivity contribution in [1.82, 2.24) is 0 Å². The second kappa shape index (κ2) is 4.83. The molecule has 0 saturated carbocycles. The average Bonchev–Trinajstić information content (AvgIpc) is 2.40. The topological polar surface area (TPSA) is 56.8 Å². The molecule has 0 amide bonds. The average molecular weight is 220 g/mol. The molecule has 0 aromatic heterocycles. The van der Waals surface area contributed by atoms with Crippen LogP contribution >= 0.6 is 0 Å². The van der Waals surface area contributed by atoms with Gasteiger partial charge >= 0.3 is 0 Å². The molecule has 0 aliphatic rings. The van der Waals surface area contributed by atoms with Crippen LogP contribution in [0.4, 0.5) is 0 Å². The molecule has 0 heterocycles. The molecule has 0 radical (unpaired) electrons. The zero-order chi connectivity index (χ0) is 12.1. The SMILES string of the molecule is N#Cc1ccc(C#N)c(Oc2ccccc2)c1. The van der Waals surface area contributed by atoms with E-state index in [0.717, 1.165) is 0 Å². The Morgan fingerprint density at radius 1 is 0.882 bits per heavy atom. The van der Waals surface area contributed by atoms with Gasteiger partial charge in [-0.05, 0) is 30.3 Å². The number of nitrogens with zero attached hydrogens (tertiary/aromatic N) is 2. The third-order valence-electron chi connectivity index (χ3n) is 2.20. The first kappa shape index (κ1) is 10.7. The maximum Gasteiger partial charge on any atom is 0.146 e. The summed E-state index contributed by atoms with van der Waals surface area (Å²) in [6.45, 7) is 0. The van der Waals surface area contributed by atoms with Gasteiger partial charge < -0.3 is 4.74 Å². The van der Waals surface area contributed by atoms with Gasteiger partial charge in [-0.15, -0.1) is 0 Å². The molecular weight excluding hydrogens is 212 g/mol. The van der Waals surface area contributed by atoms with Crippen LogP contribution in [0.5, 0.6) is 11.5 Å². The van der Waals surface area contributed by atoms with Gasteiger partial charge in [-0.1, -0.05) is 18.2 Å². The summed E-state index contributed by atoms with van der Waals surface area (Å²) < 4.78 is 5.57. The number of rotatable bonds is 2. The number of para-hydroxylation sites is 1. The monoisotopic (exact) mass is 220 g/mol. The van der Waals surface area contributed by atoms with Gasteiger partial charge in [-0.2, -0.15) is 10.5 Å². The van der Waals surface area contributed by atoms with Gasteiger partial charge in [0.05, 0.1) is 17.2 Å². The molecule has 3 nitrogen and oxygen atoms in total. The summed E-state index contributed by atoms with van der Waals surface area (Å²) in [6.07, 6.45) is 0. The lowest BCUT2D eigenvalue weighted by Crippen LogP contribution is -1.89. The van der Waals surface area contributed by atoms with Gasteiger partial charge in [0, 0.05) is 0 Å². The molecular formula is C14H8N2O. The van der Waals surface area contributed by atoms with Gasteiger partial charge in [-0.3, -0.25) is 0 Å². The number of ether oxygens (including phenoxy) is 1. The van der Waals surface area contributed by atoms with Crippen molar-refractivity contribution in [1.29, 1.82) is 10.5 Å². The van der Waals surface area contributed by atoms with E-state index in [1.165, 1.54) is 0 Å². The lowest BCUT2D eigenvalue weighted by Gasteiger charge is -2.07. The first-order valence-corrected chi connectivity index (χ1v) is 5.00. The van der Waals surface area contributed by atoms with Crippen LogP contribution in [0.1, 0.15) is 11.1 Å². The van der Waals surface area contributed by atoms with E-state index in [2.05, 4.69) is 0 Å². The number of hydrogen-bond acceptors (Lipinski definition) is 3. The maximum absolute atomic E-state index is 8.95. The molecule has 0 N–H and O–H groups in total. The fraction of sp³-hybridized carbons (Fsp3) is 0. The lowest BCUT2D eigenvalue weighted by atomic mass is 10.1. The molecule has 0 bridgehead atoms. The smallest absolute Gasteiger partial charge is 0.146 e. The highest BCUT2D eigenvalue weighted by molar-refractivity contribution is 5.50. The number of hydrogen-bond donors (Lipinski definition) is 0. The molecule has 0 fully saturated rings. The largest absolute Gasteiger partial charge is 0.456 e. The molecule has 0 aliphatic heterocycles. The van der Waals surface area contributed by atoms with Crippen LogP contribution < -0.4 is 4.74 Å². The third kappa shape index (κ3) is 2.42. The summed E-state index contributed by atoms with van der Waals surface area (Å²) in [7, 11) is 0. The first-order chi connectivity index (χ1) is 8.33. The van der Waals surface area contributed by atoms with Crippen molar-refractivity contribution < 1.29 is 4.74 Å². The summed E-state index contributed by atoms with van der Waals surface area (Å²) in [6, 6.07) is 17.9. The Kier molecular flexibility index (Phi) is 3.05. The third-order valence-corrected chi connectivity index (χ3v) is 2.20. The van der Waals surface area contributed by atoms with Gasteiger partial charge in [0.25, 0.3) is 0 Å². The summed E-state index contributed by atoms with van der Waals surface area (Å²) in [5.74, 6) is 1.04. The van der Waals surface area contributed by atoms with Crippen molar-refractivity contribution in [3.8, 4) is 23.6 Å². The minimum absolute atomic E-state index is 0.401. The van der Waals surface area contributed by atoms with Gasteiger partial charge in [0.2, 0.25) is 0 Å². The molecule has 2 aromatic rings. The van der Waals surface area contributed by atoms with Crippen LogP contribution in [-0.4, -0.2) is 0 Å². The van der Waals surface area contributed by atoms with Crippen LogP contribution in [-0.2, 0) is 0 Å². The van der Waals surface area contributed by atoms with E-state index in [9.17, 15) is 0 Å². The Hall–Kier alpha value is -2.78. The molecule has 0 spiro atoms. The molecule has 80 valence electrons. The van der Waals surface area contributed by atoms with E-state index in [0.29, 0.717) is 22.6 Å². The summed E-state index contributed by atoms with van der Waals surface area (Å²) >= 11 is 0. The fourth-order valence-corrected chi connectivity index (χ4v) is 1.38. The van der Waals surface area contributed by atoms with Crippen molar-refractivity contribution in [2.75, 3.05) is 0 Å². The van der Waals surface area contributed by atoms with Crippen LogP contribution in [0.25, 0.3) is 0 Å². The lowest BCUT2D eigenvalue weighted by molar-refractivity contribution is 0.481. The number of nitriles is 2. The van der Waals surface area contributed by atoms with E-state index < -0.39 is 0 Å². The molecule has 0 saturated heterocycles. The Labute approximate surface area is 99.1 Å². The van der Waals surface area contributed by atoms with Crippen molar-refractivity contribution >= 4 is 0 Å². The molecule has 2 aromatic carbocycles. The Balaban J connectivity index is 2.39. The Bertz CT molecular complexity index is 606. The highest BCUT2D eigenvalue weighted by Crippen LogP contribution is 2.25. The molecule has 2 rings (SSSR count). The van der Waals surface area contributed by atoms with Gasteiger partial charge in [0.15, 0.2) is 0 Å². The predicted octanol–water partition coefficient (Wildman–Crippen LogP) is 3.22. The van der Waals surface area contributed by atoms with Gasteiger partial charge in [-0.25, -0.2) is 0 Å². The van der Waals surface area contributed by atoms with E-state index in [1.54, 1.807) is 30.3 Å². The van der Waals surface area contributed by atoms with Crippen molar-refractivity contribution in [2.45, 2.75) is 0 Å². The van der Waals surface area contributed by atoms with E-state index in [-0.39, 0.29) is 0 Å². The van der Waals surface area contributed by atoms with Crippen molar-refractivity contribution in [2.24, 2.45) is 0 Å². The van der Waals surface area contributed by atoms with E-state index in [1.807, 2.05) is 30.3 Å². The van der Waals surface area contributed by atoms with E-state index in [4.69, 9.17) is 15.3 Å². The molecule has 0 atom stereocenters. The summed E-state index contributed by atoms with van der Waals surface area (Å²) in [5.41, 5.74) is 0.878. The second-order valence-corrected chi connectivity index (χ2v) is 3.35. The summed E-state index contributed by atoms with van der Waals surface area (Å²) in [4.78, 5) is 0. The van der Waals surface area contributed by atoms with Crippen LogP contribution in [0.2, 0.25) is 0 Å². The van der Waals surface area contributed by atoms with Crippen LogP contribution in [0.3, 0.4) is 0 Å². The Morgan fingerprint density at radius 2 is 1.65 bits per heavy atom. The highest BCUT2D eigenvalue weighted by Gasteiger charge is 2.05. The molecule has 0 aliphatic carbocycles. The predicted molar refractivity (Wildman–Crippen MR) is 62.4 cm³/mol. The quantitative estimate of drug-likeness (QED) is 0.780. The summed E-state index contributed by atoms with van der Waals surface area (Å²) in [5, 5.41) is 17.8. The molecule has 0 unspecified atom stereocenters. The normalized spacial score (nSPS) is 9.06. The number of benzene rings is 2. The minimum Gasteiger partial charge on any atom is -0.456 e. The Morgan fingerprint density at radius 3 is 2.29 bits per heavy atom. The maximum atomic E-state index is 8.95. The second-order valence-electron chi connectivity index (χ2n) is 3.35. The van der Waals surface area contributed by atoms with Crippen molar-refractivity contribution in [3.63, 3.8) is 0 Å². The molecule has 3 heteroatoms. The van der Waals surface area contributed by atoms with Crippen LogP contribution in [0.15, 0.2) is 48.5 Å². The van der Waals surface area contributed by atoms with E-state index >= 15 is 0 Å².